The topological polar surface area (TPSA) is 33.1 Å². The van der Waals surface area contributed by atoms with Gasteiger partial charge >= 0.3 is 0 Å². The van der Waals surface area contributed by atoms with Crippen molar-refractivity contribution in [1.29, 1.82) is 0 Å². The van der Waals surface area contributed by atoms with Crippen LogP contribution in [0.2, 0.25) is 0 Å². The number of fused-ring (bicyclic) bond motifs is 1. The molecule has 0 fully saturated rings. The Kier molecular flexibility index (Phi) is 4.14. The van der Waals surface area contributed by atoms with Gasteiger partial charge in [-0.1, -0.05) is 41.1 Å². The van der Waals surface area contributed by atoms with Crippen LogP contribution in [0.4, 0.5) is 0 Å². The number of aromatic nitrogens is 1. The first-order chi connectivity index (χ1) is 10.1. The molecule has 110 valence electrons. The van der Waals surface area contributed by atoms with E-state index >= 15 is 0 Å². The Balaban J connectivity index is 2.08. The quantitative estimate of drug-likeness (QED) is 0.884. The van der Waals surface area contributed by atoms with Gasteiger partial charge in [-0.3, -0.25) is 4.98 Å². The average Bonchev–Trinajstić information content (AvgIpc) is 2.53. The first-order valence-electron chi connectivity index (χ1n) is 7.57. The van der Waals surface area contributed by atoms with Gasteiger partial charge in [0.05, 0.1) is 5.60 Å². The maximum atomic E-state index is 11.4. The summed E-state index contributed by atoms with van der Waals surface area (Å²) in [4.78, 5) is 4.59. The standard InChI is InChI=1S/C18H20BrNO/c1-2-18(21,14-8-4-9-15(19)12-14)16-10-3-6-13-7-5-11-20-17(13)16/h4-5,7-9,11-12,16,21H,2-3,6,10H2,1H3. The predicted molar refractivity (Wildman–Crippen MR) is 88.2 cm³/mol. The highest BCUT2D eigenvalue weighted by molar-refractivity contribution is 9.10. The monoisotopic (exact) mass is 345 g/mol. The molecule has 1 aliphatic rings. The smallest absolute Gasteiger partial charge is 0.0977 e. The van der Waals surface area contributed by atoms with Crippen molar-refractivity contribution in [2.45, 2.75) is 44.1 Å². The van der Waals surface area contributed by atoms with Crippen LogP contribution in [-0.2, 0) is 12.0 Å². The molecular formula is C18H20BrNO. The highest BCUT2D eigenvalue weighted by Crippen LogP contribution is 2.45. The summed E-state index contributed by atoms with van der Waals surface area (Å²) in [7, 11) is 0. The van der Waals surface area contributed by atoms with Crippen molar-refractivity contribution < 1.29 is 5.11 Å². The first kappa shape index (κ1) is 14.7. The van der Waals surface area contributed by atoms with E-state index in [9.17, 15) is 5.11 Å². The number of pyridine rings is 1. The number of aliphatic hydroxyl groups is 1. The summed E-state index contributed by atoms with van der Waals surface area (Å²) in [6.45, 7) is 2.05. The molecule has 0 spiro atoms. The first-order valence-corrected chi connectivity index (χ1v) is 8.36. The number of rotatable bonds is 3. The molecule has 0 bridgehead atoms. The van der Waals surface area contributed by atoms with Crippen molar-refractivity contribution in [1.82, 2.24) is 4.98 Å². The van der Waals surface area contributed by atoms with Crippen molar-refractivity contribution in [2.75, 3.05) is 0 Å². The van der Waals surface area contributed by atoms with Gasteiger partial charge in [-0.15, -0.1) is 0 Å². The largest absolute Gasteiger partial charge is 0.384 e. The molecule has 1 heterocycles. The van der Waals surface area contributed by atoms with Gasteiger partial charge < -0.3 is 5.11 Å². The van der Waals surface area contributed by atoms with Gasteiger partial charge in [0.2, 0.25) is 0 Å². The molecule has 3 heteroatoms. The molecule has 2 nitrogen and oxygen atoms in total. The minimum Gasteiger partial charge on any atom is -0.384 e. The van der Waals surface area contributed by atoms with Crippen LogP contribution < -0.4 is 0 Å². The third kappa shape index (κ3) is 2.65. The Labute approximate surface area is 134 Å². The number of halogens is 1. The van der Waals surface area contributed by atoms with Crippen molar-refractivity contribution in [3.8, 4) is 0 Å². The van der Waals surface area contributed by atoms with E-state index in [-0.39, 0.29) is 5.92 Å². The molecule has 1 aliphatic carbocycles. The Hall–Kier alpha value is -1.19. The number of hydrogen-bond acceptors (Lipinski definition) is 2. The van der Waals surface area contributed by atoms with E-state index in [4.69, 9.17) is 0 Å². The number of aryl methyl sites for hydroxylation is 1. The maximum absolute atomic E-state index is 11.4. The van der Waals surface area contributed by atoms with E-state index < -0.39 is 5.60 Å². The highest BCUT2D eigenvalue weighted by atomic mass is 79.9. The van der Waals surface area contributed by atoms with Gasteiger partial charge in [0.1, 0.15) is 0 Å². The fraction of sp³-hybridized carbons (Fsp3) is 0.389. The van der Waals surface area contributed by atoms with Crippen LogP contribution in [0.15, 0.2) is 47.1 Å². The normalized spacial score (nSPS) is 20.6. The van der Waals surface area contributed by atoms with E-state index in [1.807, 2.05) is 36.5 Å². The van der Waals surface area contributed by atoms with Crippen molar-refractivity contribution in [2.24, 2.45) is 0 Å². The molecule has 21 heavy (non-hydrogen) atoms. The van der Waals surface area contributed by atoms with E-state index in [1.54, 1.807) is 0 Å². The summed E-state index contributed by atoms with van der Waals surface area (Å²) >= 11 is 3.51. The zero-order valence-corrected chi connectivity index (χ0v) is 13.8. The molecule has 2 unspecified atom stereocenters. The molecule has 1 aromatic heterocycles. The fourth-order valence-electron chi connectivity index (χ4n) is 3.48. The summed E-state index contributed by atoms with van der Waals surface area (Å²) in [5.74, 6) is 0.0711. The SMILES string of the molecule is CCC(O)(c1cccc(Br)c1)C1CCCc2cccnc21. The summed E-state index contributed by atoms with van der Waals surface area (Å²) in [5, 5.41) is 11.4. The molecule has 2 aromatic rings. The summed E-state index contributed by atoms with van der Waals surface area (Å²) in [6, 6.07) is 12.2. The van der Waals surface area contributed by atoms with Gasteiger partial charge in [0.25, 0.3) is 0 Å². The second-order valence-corrected chi connectivity index (χ2v) is 6.70. The molecule has 1 N–H and O–H groups in total. The van der Waals surface area contributed by atoms with Crippen LogP contribution in [0.3, 0.4) is 0 Å². The van der Waals surface area contributed by atoms with Crippen LogP contribution in [0.1, 0.15) is 48.9 Å². The molecular weight excluding hydrogens is 326 g/mol. The van der Waals surface area contributed by atoms with Crippen molar-refractivity contribution >= 4 is 15.9 Å². The van der Waals surface area contributed by atoms with Gasteiger partial charge in [-0.25, -0.2) is 0 Å². The van der Waals surface area contributed by atoms with Gasteiger partial charge in [0.15, 0.2) is 0 Å². The van der Waals surface area contributed by atoms with E-state index in [1.165, 1.54) is 5.56 Å². The van der Waals surface area contributed by atoms with Crippen LogP contribution in [0.5, 0.6) is 0 Å². The van der Waals surface area contributed by atoms with Gasteiger partial charge in [-0.05, 0) is 55.0 Å². The van der Waals surface area contributed by atoms with Crippen molar-refractivity contribution in [3.63, 3.8) is 0 Å². The van der Waals surface area contributed by atoms with Gasteiger partial charge in [0, 0.05) is 22.3 Å². The highest BCUT2D eigenvalue weighted by Gasteiger charge is 2.40. The third-order valence-corrected chi connectivity index (χ3v) is 5.13. The summed E-state index contributed by atoms with van der Waals surface area (Å²) < 4.78 is 1.00. The Bertz CT molecular complexity index is 643. The lowest BCUT2D eigenvalue weighted by Crippen LogP contribution is -2.35. The van der Waals surface area contributed by atoms with Crippen LogP contribution >= 0.6 is 15.9 Å². The maximum Gasteiger partial charge on any atom is 0.0977 e. The molecule has 0 saturated carbocycles. The molecule has 0 amide bonds. The lowest BCUT2D eigenvalue weighted by atomic mass is 9.71. The predicted octanol–water partition coefficient (Wildman–Crippen LogP) is 4.56. The molecule has 1 aromatic carbocycles. The molecule has 0 aliphatic heterocycles. The van der Waals surface area contributed by atoms with E-state index in [0.717, 1.165) is 35.0 Å². The number of hydrogen-bond donors (Lipinski definition) is 1. The average molecular weight is 346 g/mol. The zero-order valence-electron chi connectivity index (χ0n) is 12.2. The zero-order chi connectivity index (χ0) is 14.9. The number of benzene rings is 1. The minimum absolute atomic E-state index is 0.0711. The van der Waals surface area contributed by atoms with Crippen LogP contribution in [0.25, 0.3) is 0 Å². The summed E-state index contributed by atoms with van der Waals surface area (Å²) in [6.07, 6.45) is 5.69. The second-order valence-electron chi connectivity index (χ2n) is 5.78. The molecule has 0 saturated heterocycles. The lowest BCUT2D eigenvalue weighted by molar-refractivity contribution is -0.00408. The van der Waals surface area contributed by atoms with Crippen LogP contribution in [0, 0.1) is 0 Å². The van der Waals surface area contributed by atoms with Crippen molar-refractivity contribution in [3.05, 3.63) is 63.9 Å². The Morgan fingerprint density at radius 3 is 2.95 bits per heavy atom. The van der Waals surface area contributed by atoms with Gasteiger partial charge in [-0.2, -0.15) is 0 Å². The second kappa shape index (κ2) is 5.90. The minimum atomic E-state index is -0.854. The molecule has 0 radical (unpaired) electrons. The van der Waals surface area contributed by atoms with Crippen LogP contribution in [-0.4, -0.2) is 10.1 Å². The Morgan fingerprint density at radius 1 is 1.33 bits per heavy atom. The molecule has 2 atom stereocenters. The fourth-order valence-corrected chi connectivity index (χ4v) is 3.88. The van der Waals surface area contributed by atoms with E-state index in [0.29, 0.717) is 6.42 Å². The Morgan fingerprint density at radius 2 is 2.19 bits per heavy atom. The van der Waals surface area contributed by atoms with E-state index in [2.05, 4.69) is 33.9 Å². The molecule has 3 rings (SSSR count). The number of nitrogens with zero attached hydrogens (tertiary/aromatic N) is 1. The summed E-state index contributed by atoms with van der Waals surface area (Å²) in [5.41, 5.74) is 2.49. The lowest BCUT2D eigenvalue weighted by Gasteiger charge is -2.39. The third-order valence-electron chi connectivity index (χ3n) is 4.64.